The van der Waals surface area contributed by atoms with E-state index in [1.807, 2.05) is 0 Å². The molecule has 2 fully saturated rings. The van der Waals surface area contributed by atoms with Crippen LogP contribution in [-0.2, 0) is 9.53 Å². The molecule has 1 saturated heterocycles. The van der Waals surface area contributed by atoms with E-state index in [2.05, 4.69) is 4.98 Å². The topological polar surface area (TPSA) is 42.1 Å². The van der Waals surface area contributed by atoms with Crippen molar-refractivity contribution in [3.05, 3.63) is 59.4 Å². The minimum absolute atomic E-state index is 0.176. The van der Waals surface area contributed by atoms with Crippen LogP contribution in [0.5, 0.6) is 0 Å². The summed E-state index contributed by atoms with van der Waals surface area (Å²) in [5, 5.41) is 0.560. The maximum Gasteiger partial charge on any atom is 0.150 e. The van der Waals surface area contributed by atoms with Gasteiger partial charge < -0.3 is 9.72 Å². The van der Waals surface area contributed by atoms with E-state index < -0.39 is 11.6 Å². The van der Waals surface area contributed by atoms with Crippen molar-refractivity contribution in [2.24, 2.45) is 11.8 Å². The van der Waals surface area contributed by atoms with Gasteiger partial charge in [-0.15, -0.1) is 0 Å². The largest absolute Gasteiger partial charge is 0.381 e. The molecule has 1 aliphatic carbocycles. The molecule has 5 rings (SSSR count). The summed E-state index contributed by atoms with van der Waals surface area (Å²) in [4.78, 5) is 15.5. The minimum Gasteiger partial charge on any atom is -0.381 e. The van der Waals surface area contributed by atoms with Crippen LogP contribution in [0.1, 0.15) is 62.8 Å². The fourth-order valence-electron chi connectivity index (χ4n) is 5.70. The highest BCUT2D eigenvalue weighted by molar-refractivity contribution is 5.92. The third kappa shape index (κ3) is 4.92. The molecule has 0 spiro atoms. The van der Waals surface area contributed by atoms with Gasteiger partial charge in [0, 0.05) is 37.5 Å². The summed E-state index contributed by atoms with van der Waals surface area (Å²) >= 11 is 0. The molecule has 34 heavy (non-hydrogen) atoms. The second-order valence-electron chi connectivity index (χ2n) is 9.98. The van der Waals surface area contributed by atoms with Crippen molar-refractivity contribution in [3.8, 4) is 11.3 Å². The first-order valence-corrected chi connectivity index (χ1v) is 12.3. The third-order valence-corrected chi connectivity index (χ3v) is 7.48. The molecule has 6 heteroatoms. The molecule has 1 atom stereocenters. The van der Waals surface area contributed by atoms with Crippen molar-refractivity contribution in [3.63, 3.8) is 0 Å². The van der Waals surface area contributed by atoms with Crippen LogP contribution in [0.15, 0.2) is 36.4 Å². The molecule has 1 unspecified atom stereocenters. The van der Waals surface area contributed by atoms with Crippen LogP contribution >= 0.6 is 0 Å². The monoisotopic (exact) mass is 469 g/mol. The van der Waals surface area contributed by atoms with E-state index in [4.69, 9.17) is 4.74 Å². The smallest absolute Gasteiger partial charge is 0.150 e. The van der Waals surface area contributed by atoms with Gasteiger partial charge in [0.05, 0.1) is 11.2 Å². The zero-order valence-corrected chi connectivity index (χ0v) is 19.2. The molecular formula is C28H30F3NO2. The van der Waals surface area contributed by atoms with Gasteiger partial charge in [-0.05, 0) is 97.7 Å². The average Bonchev–Trinajstić information content (AvgIpc) is 3.15. The highest BCUT2D eigenvalue weighted by atomic mass is 19.1. The van der Waals surface area contributed by atoms with Gasteiger partial charge in [-0.2, -0.15) is 0 Å². The first-order chi connectivity index (χ1) is 16.5. The number of hydrogen-bond donors (Lipinski definition) is 1. The Balaban J connectivity index is 1.24. The lowest BCUT2D eigenvalue weighted by atomic mass is 9.68. The fourth-order valence-corrected chi connectivity index (χ4v) is 5.70. The molecule has 2 heterocycles. The zero-order chi connectivity index (χ0) is 23.7. The van der Waals surface area contributed by atoms with Gasteiger partial charge in [-0.1, -0.05) is 0 Å². The standard InChI is InChI=1S/C28H30F3NO2/c29-21-8-6-19(7-9-21)27-26(24-14-22(30)15-25(31)28(24)32-27)20-11-17(12-20)3-1-5-23(33)13-18-4-2-10-34-16-18/h6-9,14-15,17-18,20,32H,1-5,10-13,16H2. The van der Waals surface area contributed by atoms with E-state index in [1.54, 1.807) is 12.1 Å². The molecule has 3 aromatic rings. The minimum atomic E-state index is -0.623. The number of rotatable bonds is 8. The molecule has 1 aliphatic heterocycles. The van der Waals surface area contributed by atoms with Gasteiger partial charge in [-0.25, -0.2) is 13.2 Å². The molecule has 1 saturated carbocycles. The second-order valence-corrected chi connectivity index (χ2v) is 9.98. The molecular weight excluding hydrogens is 439 g/mol. The van der Waals surface area contributed by atoms with Crippen LogP contribution in [0.25, 0.3) is 22.2 Å². The number of halogens is 3. The molecule has 0 amide bonds. The van der Waals surface area contributed by atoms with E-state index in [1.165, 1.54) is 18.2 Å². The lowest BCUT2D eigenvalue weighted by Gasteiger charge is -2.36. The third-order valence-electron chi connectivity index (χ3n) is 7.48. The molecule has 1 aromatic heterocycles. The SMILES string of the molecule is O=C(CCCC1CC(c2c(-c3ccc(F)cc3)[nH]c3c(F)cc(F)cc23)C1)CC1CCCOC1. The molecule has 1 N–H and O–H groups in total. The molecule has 3 nitrogen and oxygen atoms in total. The Morgan fingerprint density at radius 3 is 2.56 bits per heavy atom. The fraction of sp³-hybridized carbons (Fsp3) is 0.464. The van der Waals surface area contributed by atoms with Crippen molar-refractivity contribution in [2.75, 3.05) is 13.2 Å². The van der Waals surface area contributed by atoms with Crippen LogP contribution in [0, 0.1) is 29.3 Å². The number of H-pyrrole nitrogens is 1. The number of ether oxygens (including phenoxy) is 1. The quantitative estimate of drug-likeness (QED) is 0.376. The Hall–Kier alpha value is -2.60. The molecule has 180 valence electrons. The number of Topliss-reactive ketones (excluding diaryl/α,β-unsaturated/α-hetero) is 1. The Morgan fingerprint density at radius 2 is 1.82 bits per heavy atom. The average molecular weight is 470 g/mol. The number of aromatic nitrogens is 1. The number of fused-ring (bicyclic) bond motifs is 1. The van der Waals surface area contributed by atoms with Crippen LogP contribution in [-0.4, -0.2) is 24.0 Å². The van der Waals surface area contributed by atoms with Gasteiger partial charge in [0.15, 0.2) is 0 Å². The van der Waals surface area contributed by atoms with Crippen LogP contribution in [0.4, 0.5) is 13.2 Å². The lowest BCUT2D eigenvalue weighted by molar-refractivity contribution is -0.121. The Bertz CT molecular complexity index is 1160. The summed E-state index contributed by atoms with van der Waals surface area (Å²) < 4.78 is 47.5. The first-order valence-electron chi connectivity index (χ1n) is 12.3. The predicted octanol–water partition coefficient (Wildman–Crippen LogP) is 7.30. The lowest BCUT2D eigenvalue weighted by Crippen LogP contribution is -2.23. The summed E-state index contributed by atoms with van der Waals surface area (Å²) in [6, 6.07) is 8.35. The summed E-state index contributed by atoms with van der Waals surface area (Å²) in [7, 11) is 0. The number of aromatic amines is 1. The Morgan fingerprint density at radius 1 is 1.03 bits per heavy atom. The predicted molar refractivity (Wildman–Crippen MR) is 126 cm³/mol. The number of ketones is 1. The molecule has 0 bridgehead atoms. The van der Waals surface area contributed by atoms with Crippen molar-refractivity contribution in [1.82, 2.24) is 4.98 Å². The van der Waals surface area contributed by atoms with Crippen LogP contribution in [0.3, 0.4) is 0 Å². The molecule has 0 radical (unpaired) electrons. The highest BCUT2D eigenvalue weighted by Crippen LogP contribution is 2.49. The normalized spacial score (nSPS) is 22.6. The van der Waals surface area contributed by atoms with E-state index in [9.17, 15) is 18.0 Å². The number of hydrogen-bond acceptors (Lipinski definition) is 2. The number of benzene rings is 2. The summed E-state index contributed by atoms with van der Waals surface area (Å²) in [5.41, 5.74) is 2.68. The second kappa shape index (κ2) is 9.95. The van der Waals surface area contributed by atoms with Crippen molar-refractivity contribution in [1.29, 1.82) is 0 Å². The summed E-state index contributed by atoms with van der Waals surface area (Å²) in [6.07, 6.45) is 7.07. The Kier molecular flexibility index (Phi) is 6.77. The van der Waals surface area contributed by atoms with Crippen molar-refractivity contribution >= 4 is 16.7 Å². The van der Waals surface area contributed by atoms with Gasteiger partial charge in [0.2, 0.25) is 0 Å². The number of carbonyl (C=O) groups is 1. The van der Waals surface area contributed by atoms with Gasteiger partial charge in [0.1, 0.15) is 23.2 Å². The summed E-state index contributed by atoms with van der Waals surface area (Å²) in [5.74, 6) is -0.186. The molecule has 2 aliphatic rings. The van der Waals surface area contributed by atoms with Crippen LogP contribution in [0.2, 0.25) is 0 Å². The van der Waals surface area contributed by atoms with Gasteiger partial charge >= 0.3 is 0 Å². The maximum absolute atomic E-state index is 14.5. The number of nitrogens with one attached hydrogen (secondary N) is 1. The first kappa shape index (κ1) is 23.2. The van der Waals surface area contributed by atoms with Gasteiger partial charge in [0.25, 0.3) is 0 Å². The van der Waals surface area contributed by atoms with E-state index in [0.717, 1.165) is 68.0 Å². The maximum atomic E-state index is 14.5. The van der Waals surface area contributed by atoms with E-state index in [0.29, 0.717) is 42.5 Å². The van der Waals surface area contributed by atoms with Crippen molar-refractivity contribution in [2.45, 2.75) is 57.3 Å². The zero-order valence-electron chi connectivity index (χ0n) is 19.2. The highest BCUT2D eigenvalue weighted by Gasteiger charge is 2.34. The van der Waals surface area contributed by atoms with Crippen molar-refractivity contribution < 1.29 is 22.7 Å². The van der Waals surface area contributed by atoms with Crippen LogP contribution < -0.4 is 0 Å². The van der Waals surface area contributed by atoms with E-state index >= 15 is 0 Å². The van der Waals surface area contributed by atoms with E-state index in [-0.39, 0.29) is 17.3 Å². The molecule has 2 aromatic carbocycles. The Labute approximate surface area is 197 Å². The van der Waals surface area contributed by atoms with Gasteiger partial charge in [-0.3, -0.25) is 4.79 Å². The number of carbonyl (C=O) groups excluding carboxylic acids is 1. The summed E-state index contributed by atoms with van der Waals surface area (Å²) in [6.45, 7) is 1.52.